The number of aliphatic imine (C=N–C) groups is 1. The highest BCUT2D eigenvalue weighted by atomic mass is 79.9. The topological polar surface area (TPSA) is 24.4 Å². The largest absolute Gasteiger partial charge is 0.369 e. The number of amidine groups is 1. The van der Waals surface area contributed by atoms with E-state index in [1.165, 1.54) is 31.7 Å². The van der Waals surface area contributed by atoms with Gasteiger partial charge in [0.1, 0.15) is 11.7 Å². The Kier molecular flexibility index (Phi) is 5.37. The van der Waals surface area contributed by atoms with Crippen LogP contribution in [0.15, 0.2) is 27.7 Å². The number of hydrogen-bond acceptors (Lipinski definition) is 2. The Morgan fingerprint density at radius 2 is 2.26 bits per heavy atom. The van der Waals surface area contributed by atoms with Gasteiger partial charge in [0.05, 0.1) is 5.56 Å². The molecule has 1 aromatic carbocycles. The van der Waals surface area contributed by atoms with Crippen LogP contribution in [0.25, 0.3) is 0 Å². The fourth-order valence-corrected chi connectivity index (χ4v) is 2.65. The normalized spacial score (nSPS) is 18.9. The maximum absolute atomic E-state index is 13.8. The number of hydrogen-bond donors (Lipinski definition) is 1. The third-order valence-electron chi connectivity index (χ3n) is 3.47. The quantitative estimate of drug-likeness (QED) is 0.808. The van der Waals surface area contributed by atoms with Crippen molar-refractivity contribution in [1.82, 2.24) is 5.32 Å². The van der Waals surface area contributed by atoms with Crippen molar-refractivity contribution in [3.8, 4) is 0 Å². The van der Waals surface area contributed by atoms with Crippen molar-refractivity contribution in [2.45, 2.75) is 32.6 Å². The lowest BCUT2D eigenvalue weighted by molar-refractivity contribution is 0.447. The molecule has 2 rings (SSSR count). The lowest BCUT2D eigenvalue weighted by Gasteiger charge is -2.23. The lowest BCUT2D eigenvalue weighted by atomic mass is 9.99. The van der Waals surface area contributed by atoms with Crippen LogP contribution in [-0.4, -0.2) is 18.9 Å². The van der Waals surface area contributed by atoms with Gasteiger partial charge in [-0.25, -0.2) is 4.39 Å². The van der Waals surface area contributed by atoms with E-state index in [0.717, 1.165) is 17.6 Å². The summed E-state index contributed by atoms with van der Waals surface area (Å²) in [5.74, 6) is 1.05. The fraction of sp³-hybridized carbons (Fsp3) is 0.533. The molecule has 0 radical (unpaired) electrons. The molecule has 0 saturated carbocycles. The van der Waals surface area contributed by atoms with Gasteiger partial charge in [-0.3, -0.25) is 4.99 Å². The summed E-state index contributed by atoms with van der Waals surface area (Å²) in [4.78, 5) is 4.50. The molecular weight excluding hydrogens is 307 g/mol. The first-order valence-corrected chi connectivity index (χ1v) is 7.73. The van der Waals surface area contributed by atoms with Gasteiger partial charge in [0.2, 0.25) is 0 Å². The number of nitrogens with one attached hydrogen (secondary N) is 1. The number of nitrogens with zero attached hydrogens (tertiary/aromatic N) is 1. The number of halogens is 2. The van der Waals surface area contributed by atoms with Crippen LogP contribution < -0.4 is 5.32 Å². The summed E-state index contributed by atoms with van der Waals surface area (Å²) in [6.45, 7) is 3.92. The Labute approximate surface area is 122 Å². The first-order valence-electron chi connectivity index (χ1n) is 6.94. The minimum atomic E-state index is -0.231. The Balaban J connectivity index is 1.96. The van der Waals surface area contributed by atoms with E-state index < -0.39 is 0 Å². The van der Waals surface area contributed by atoms with Gasteiger partial charge in [-0.1, -0.05) is 42.1 Å². The van der Waals surface area contributed by atoms with Gasteiger partial charge >= 0.3 is 0 Å². The maximum atomic E-state index is 13.8. The van der Waals surface area contributed by atoms with Gasteiger partial charge in [0, 0.05) is 17.6 Å². The molecule has 1 aliphatic rings. The molecule has 0 amide bonds. The van der Waals surface area contributed by atoms with Crippen LogP contribution in [0.4, 0.5) is 4.39 Å². The van der Waals surface area contributed by atoms with Crippen LogP contribution in [0.2, 0.25) is 0 Å². The summed E-state index contributed by atoms with van der Waals surface area (Å²) >= 11 is 3.26. The van der Waals surface area contributed by atoms with Crippen LogP contribution in [0.3, 0.4) is 0 Å². The molecule has 1 atom stereocenters. The highest BCUT2D eigenvalue weighted by Gasteiger charge is 2.17. The summed E-state index contributed by atoms with van der Waals surface area (Å²) in [7, 11) is 0. The number of benzene rings is 1. The molecule has 2 nitrogen and oxygen atoms in total. The molecule has 104 valence electrons. The van der Waals surface area contributed by atoms with Crippen LogP contribution in [-0.2, 0) is 0 Å². The Hall–Kier alpha value is -0.900. The van der Waals surface area contributed by atoms with Crippen molar-refractivity contribution < 1.29 is 4.39 Å². The highest BCUT2D eigenvalue weighted by molar-refractivity contribution is 9.10. The summed E-state index contributed by atoms with van der Waals surface area (Å²) in [6.07, 6.45) is 5.01. The maximum Gasteiger partial charge on any atom is 0.135 e. The predicted molar refractivity (Wildman–Crippen MR) is 81.1 cm³/mol. The molecule has 1 N–H and O–H groups in total. The van der Waals surface area contributed by atoms with E-state index in [-0.39, 0.29) is 5.82 Å². The fourth-order valence-electron chi connectivity index (χ4n) is 2.32. The van der Waals surface area contributed by atoms with Crippen molar-refractivity contribution in [1.29, 1.82) is 0 Å². The van der Waals surface area contributed by atoms with E-state index in [1.54, 1.807) is 6.07 Å². The molecule has 0 bridgehead atoms. The zero-order valence-corrected chi connectivity index (χ0v) is 12.8. The van der Waals surface area contributed by atoms with E-state index in [1.807, 2.05) is 6.07 Å². The Bertz CT molecular complexity index is 459. The van der Waals surface area contributed by atoms with Crippen molar-refractivity contribution in [3.05, 3.63) is 34.1 Å². The SMILES string of the molecule is CCCCC[C@@H]1CN=C(c2ccc(Br)cc2F)NC1. The summed E-state index contributed by atoms with van der Waals surface area (Å²) in [6, 6.07) is 5.09. The number of unbranched alkanes of at least 4 members (excludes halogenated alkanes) is 2. The van der Waals surface area contributed by atoms with Gasteiger partial charge in [-0.15, -0.1) is 0 Å². The van der Waals surface area contributed by atoms with Crippen molar-refractivity contribution in [3.63, 3.8) is 0 Å². The third kappa shape index (κ3) is 4.03. The van der Waals surface area contributed by atoms with E-state index in [4.69, 9.17) is 0 Å². The molecule has 4 heteroatoms. The summed E-state index contributed by atoms with van der Waals surface area (Å²) in [5.41, 5.74) is 0.565. The van der Waals surface area contributed by atoms with Gasteiger partial charge < -0.3 is 5.32 Å². The third-order valence-corrected chi connectivity index (χ3v) is 3.96. The molecule has 0 unspecified atom stereocenters. The molecule has 1 aromatic rings. The highest BCUT2D eigenvalue weighted by Crippen LogP contribution is 2.18. The predicted octanol–water partition coefficient (Wildman–Crippen LogP) is 4.13. The molecule has 1 aliphatic heterocycles. The van der Waals surface area contributed by atoms with Gasteiger partial charge in [0.15, 0.2) is 0 Å². The van der Waals surface area contributed by atoms with Gasteiger partial charge in [-0.05, 0) is 30.5 Å². The molecule has 0 saturated heterocycles. The molecule has 1 heterocycles. The standard InChI is InChI=1S/C15H20BrFN2/c1-2-3-4-5-11-9-18-15(19-10-11)13-7-6-12(16)8-14(13)17/h6-8,11H,2-5,9-10H2,1H3,(H,18,19). The zero-order valence-electron chi connectivity index (χ0n) is 11.3. The molecule has 19 heavy (non-hydrogen) atoms. The van der Waals surface area contributed by atoms with Gasteiger partial charge in [-0.2, -0.15) is 0 Å². The monoisotopic (exact) mass is 326 g/mol. The van der Waals surface area contributed by atoms with Crippen LogP contribution in [0.5, 0.6) is 0 Å². The van der Waals surface area contributed by atoms with E-state index in [0.29, 0.717) is 17.3 Å². The molecule has 0 fully saturated rings. The summed E-state index contributed by atoms with van der Waals surface area (Å²) < 4.78 is 14.6. The van der Waals surface area contributed by atoms with Crippen molar-refractivity contribution in [2.75, 3.05) is 13.1 Å². The van der Waals surface area contributed by atoms with E-state index in [9.17, 15) is 4.39 Å². The minimum Gasteiger partial charge on any atom is -0.369 e. The summed E-state index contributed by atoms with van der Waals surface area (Å²) in [5, 5.41) is 3.27. The van der Waals surface area contributed by atoms with Crippen molar-refractivity contribution in [2.24, 2.45) is 10.9 Å². The molecule has 0 aliphatic carbocycles. The van der Waals surface area contributed by atoms with Crippen LogP contribution in [0.1, 0.15) is 38.2 Å². The van der Waals surface area contributed by atoms with Crippen LogP contribution >= 0.6 is 15.9 Å². The lowest BCUT2D eigenvalue weighted by Crippen LogP contribution is -2.36. The second-order valence-electron chi connectivity index (χ2n) is 5.06. The van der Waals surface area contributed by atoms with Gasteiger partial charge in [0.25, 0.3) is 0 Å². The minimum absolute atomic E-state index is 0.231. The van der Waals surface area contributed by atoms with Crippen LogP contribution in [0, 0.1) is 11.7 Å². The smallest absolute Gasteiger partial charge is 0.135 e. The van der Waals surface area contributed by atoms with E-state index >= 15 is 0 Å². The second kappa shape index (κ2) is 7.04. The molecular formula is C15H20BrFN2. The first kappa shape index (κ1) is 14.5. The number of rotatable bonds is 5. The second-order valence-corrected chi connectivity index (χ2v) is 5.97. The zero-order chi connectivity index (χ0) is 13.7. The molecule has 0 spiro atoms. The Morgan fingerprint density at radius 1 is 1.42 bits per heavy atom. The van der Waals surface area contributed by atoms with E-state index in [2.05, 4.69) is 33.2 Å². The average molecular weight is 327 g/mol. The first-order chi connectivity index (χ1) is 9.20. The molecule has 0 aromatic heterocycles. The average Bonchev–Trinajstić information content (AvgIpc) is 2.40. The Morgan fingerprint density at radius 3 is 2.89 bits per heavy atom. The van der Waals surface area contributed by atoms with Crippen molar-refractivity contribution >= 4 is 21.8 Å².